The second kappa shape index (κ2) is 4.12. The number of hydrogen-bond donors (Lipinski definition) is 1. The minimum Gasteiger partial charge on any atom is -0.391 e. The van der Waals surface area contributed by atoms with Crippen LogP contribution in [0.1, 0.15) is 6.92 Å². The van der Waals surface area contributed by atoms with Crippen molar-refractivity contribution in [3.05, 3.63) is 16.4 Å². The molecule has 4 nitrogen and oxygen atoms in total. The van der Waals surface area contributed by atoms with Crippen LogP contribution in [-0.4, -0.2) is 34.5 Å². The number of halogens is 2. The summed E-state index contributed by atoms with van der Waals surface area (Å²) in [6.07, 6.45) is -0.326. The highest BCUT2D eigenvalue weighted by molar-refractivity contribution is 6.33. The van der Waals surface area contributed by atoms with Crippen molar-refractivity contribution < 1.29 is 5.11 Å². The third-order valence-corrected chi connectivity index (χ3v) is 3.07. The van der Waals surface area contributed by atoms with Gasteiger partial charge in [0.1, 0.15) is 0 Å². The van der Waals surface area contributed by atoms with Crippen molar-refractivity contribution in [2.24, 2.45) is 5.92 Å². The summed E-state index contributed by atoms with van der Waals surface area (Å²) < 4.78 is 0. The van der Waals surface area contributed by atoms with E-state index in [1.54, 1.807) is 6.07 Å². The lowest BCUT2D eigenvalue weighted by molar-refractivity contribution is 0.157. The molecule has 15 heavy (non-hydrogen) atoms. The molecule has 1 aromatic heterocycles. The molecule has 0 radical (unpaired) electrons. The molecule has 1 fully saturated rings. The predicted molar refractivity (Wildman–Crippen MR) is 59.4 cm³/mol. The number of rotatable bonds is 1. The molecule has 2 unspecified atom stereocenters. The smallest absolute Gasteiger partial charge is 0.175 e. The number of aromatic nitrogens is 2. The second-order valence-corrected chi connectivity index (χ2v) is 4.54. The van der Waals surface area contributed by atoms with Crippen LogP contribution in [0.5, 0.6) is 0 Å². The Labute approximate surface area is 97.8 Å². The first-order valence-electron chi connectivity index (χ1n) is 4.69. The monoisotopic (exact) mass is 247 g/mol. The number of aliphatic hydroxyl groups excluding tert-OH is 1. The van der Waals surface area contributed by atoms with E-state index in [0.717, 1.165) is 12.2 Å². The highest BCUT2D eigenvalue weighted by Gasteiger charge is 2.29. The largest absolute Gasteiger partial charge is 0.391 e. The van der Waals surface area contributed by atoms with Crippen LogP contribution in [0.25, 0.3) is 0 Å². The van der Waals surface area contributed by atoms with Crippen LogP contribution >= 0.6 is 23.2 Å². The highest BCUT2D eigenvalue weighted by atomic mass is 35.5. The van der Waals surface area contributed by atoms with Gasteiger partial charge in [0.15, 0.2) is 10.3 Å². The minimum absolute atomic E-state index is 0.230. The molecule has 82 valence electrons. The molecule has 2 heterocycles. The standard InChI is InChI=1S/C9H11Cl2N3O/c1-5-3-14(4-7(5)15)6-2-8(10)12-13-9(6)11/h2,5,7,15H,3-4H2,1H3. The van der Waals surface area contributed by atoms with E-state index < -0.39 is 0 Å². The van der Waals surface area contributed by atoms with Crippen LogP contribution in [0.15, 0.2) is 6.07 Å². The second-order valence-electron chi connectivity index (χ2n) is 3.79. The zero-order chi connectivity index (χ0) is 11.0. The highest BCUT2D eigenvalue weighted by Crippen LogP contribution is 2.29. The normalized spacial score (nSPS) is 26.0. The Bertz CT molecular complexity index is 364. The van der Waals surface area contributed by atoms with Gasteiger partial charge in [-0.3, -0.25) is 0 Å². The van der Waals surface area contributed by atoms with Crippen LogP contribution < -0.4 is 4.90 Å². The van der Waals surface area contributed by atoms with Crippen molar-refractivity contribution >= 4 is 28.9 Å². The zero-order valence-corrected chi connectivity index (χ0v) is 9.70. The quantitative estimate of drug-likeness (QED) is 0.820. The summed E-state index contributed by atoms with van der Waals surface area (Å²) >= 11 is 11.7. The van der Waals surface area contributed by atoms with Crippen molar-refractivity contribution in [2.45, 2.75) is 13.0 Å². The topological polar surface area (TPSA) is 49.2 Å². The maximum absolute atomic E-state index is 9.64. The van der Waals surface area contributed by atoms with Crippen LogP contribution in [0.2, 0.25) is 10.3 Å². The Balaban J connectivity index is 2.27. The molecule has 0 amide bonds. The summed E-state index contributed by atoms with van der Waals surface area (Å²) in [5.74, 6) is 0.230. The lowest BCUT2D eigenvalue weighted by Gasteiger charge is -2.18. The fourth-order valence-electron chi connectivity index (χ4n) is 1.71. The van der Waals surface area contributed by atoms with Crippen molar-refractivity contribution in [1.82, 2.24) is 10.2 Å². The molecule has 1 saturated heterocycles. The van der Waals surface area contributed by atoms with E-state index in [9.17, 15) is 5.11 Å². The maximum atomic E-state index is 9.64. The van der Waals surface area contributed by atoms with Gasteiger partial charge in [0.25, 0.3) is 0 Å². The summed E-state index contributed by atoms with van der Waals surface area (Å²) in [4.78, 5) is 1.97. The summed E-state index contributed by atoms with van der Waals surface area (Å²) in [7, 11) is 0. The molecule has 0 aromatic carbocycles. The molecule has 1 aliphatic rings. The van der Waals surface area contributed by atoms with Gasteiger partial charge in [-0.05, 0) is 0 Å². The molecule has 0 aliphatic carbocycles. The van der Waals surface area contributed by atoms with Crippen LogP contribution in [0.3, 0.4) is 0 Å². The SMILES string of the molecule is CC1CN(c2cc(Cl)nnc2Cl)CC1O. The van der Waals surface area contributed by atoms with Gasteiger partial charge in [-0.15, -0.1) is 10.2 Å². The first-order valence-corrected chi connectivity index (χ1v) is 5.45. The summed E-state index contributed by atoms with van der Waals surface area (Å²) in [6, 6.07) is 1.67. The van der Waals surface area contributed by atoms with Gasteiger partial charge in [0, 0.05) is 25.1 Å². The van der Waals surface area contributed by atoms with Crippen molar-refractivity contribution in [3.8, 4) is 0 Å². The van der Waals surface area contributed by atoms with E-state index in [2.05, 4.69) is 10.2 Å². The van der Waals surface area contributed by atoms with E-state index in [-0.39, 0.29) is 12.0 Å². The van der Waals surface area contributed by atoms with Crippen LogP contribution in [0, 0.1) is 5.92 Å². The molecular weight excluding hydrogens is 237 g/mol. The Kier molecular flexibility index (Phi) is 3.00. The van der Waals surface area contributed by atoms with Gasteiger partial charge in [-0.2, -0.15) is 0 Å². The summed E-state index contributed by atoms with van der Waals surface area (Å²) in [5.41, 5.74) is 0.736. The molecule has 1 aliphatic heterocycles. The molecule has 1 aromatic rings. The third kappa shape index (κ3) is 2.17. The minimum atomic E-state index is -0.326. The van der Waals surface area contributed by atoms with Gasteiger partial charge in [0.05, 0.1) is 11.8 Å². The average Bonchev–Trinajstić information content (AvgIpc) is 2.51. The van der Waals surface area contributed by atoms with Gasteiger partial charge in [-0.1, -0.05) is 30.1 Å². The van der Waals surface area contributed by atoms with E-state index in [1.807, 2.05) is 11.8 Å². The average molecular weight is 248 g/mol. The Morgan fingerprint density at radius 2 is 2.13 bits per heavy atom. The third-order valence-electron chi connectivity index (χ3n) is 2.61. The molecule has 6 heteroatoms. The molecule has 2 atom stereocenters. The van der Waals surface area contributed by atoms with Gasteiger partial charge >= 0.3 is 0 Å². The summed E-state index contributed by atoms with van der Waals surface area (Å²) in [5, 5.41) is 17.6. The van der Waals surface area contributed by atoms with E-state index in [0.29, 0.717) is 16.9 Å². The Morgan fingerprint density at radius 1 is 1.40 bits per heavy atom. The molecule has 0 bridgehead atoms. The molecular formula is C9H11Cl2N3O. The molecule has 2 rings (SSSR count). The zero-order valence-electron chi connectivity index (χ0n) is 8.19. The molecule has 0 saturated carbocycles. The fourth-order valence-corrected chi connectivity index (χ4v) is 2.07. The van der Waals surface area contributed by atoms with E-state index in [1.165, 1.54) is 0 Å². The number of aliphatic hydroxyl groups is 1. The summed E-state index contributed by atoms with van der Waals surface area (Å²) in [6.45, 7) is 3.31. The van der Waals surface area contributed by atoms with E-state index in [4.69, 9.17) is 23.2 Å². The van der Waals surface area contributed by atoms with Gasteiger partial charge in [0.2, 0.25) is 0 Å². The number of hydrogen-bond acceptors (Lipinski definition) is 4. The first kappa shape index (κ1) is 10.9. The Hall–Kier alpha value is -0.580. The fraction of sp³-hybridized carbons (Fsp3) is 0.556. The molecule has 1 N–H and O–H groups in total. The van der Waals surface area contributed by atoms with Crippen molar-refractivity contribution in [2.75, 3.05) is 18.0 Å². The van der Waals surface area contributed by atoms with E-state index >= 15 is 0 Å². The number of β-amino-alcohol motifs (C(OH)–C–C–N with tert-alkyl or cyclic N) is 1. The van der Waals surface area contributed by atoms with Crippen LogP contribution in [0.4, 0.5) is 5.69 Å². The molecule has 0 spiro atoms. The van der Waals surface area contributed by atoms with Gasteiger partial charge in [-0.25, -0.2) is 0 Å². The van der Waals surface area contributed by atoms with Crippen LogP contribution in [-0.2, 0) is 0 Å². The van der Waals surface area contributed by atoms with Crippen molar-refractivity contribution in [1.29, 1.82) is 0 Å². The Morgan fingerprint density at radius 3 is 2.73 bits per heavy atom. The lowest BCUT2D eigenvalue weighted by Crippen LogP contribution is -2.21. The number of nitrogens with zero attached hydrogens (tertiary/aromatic N) is 3. The predicted octanol–water partition coefficient (Wildman–Crippen LogP) is 1.60. The first-order chi connectivity index (χ1) is 7.08. The van der Waals surface area contributed by atoms with Crippen molar-refractivity contribution in [3.63, 3.8) is 0 Å². The van der Waals surface area contributed by atoms with Gasteiger partial charge < -0.3 is 10.0 Å². The maximum Gasteiger partial charge on any atom is 0.175 e. The number of anilines is 1. The lowest BCUT2D eigenvalue weighted by atomic mass is 10.1.